The zero-order chi connectivity index (χ0) is 17.0. The van der Waals surface area contributed by atoms with Crippen molar-refractivity contribution in [1.29, 1.82) is 10.7 Å². The van der Waals surface area contributed by atoms with Gasteiger partial charge in [0.2, 0.25) is 0 Å². The lowest BCUT2D eigenvalue weighted by Crippen LogP contribution is -2.34. The number of rotatable bonds is 2. The molecule has 2 aliphatic carbocycles. The van der Waals surface area contributed by atoms with Gasteiger partial charge in [-0.2, -0.15) is 5.26 Å². The molecule has 0 amide bonds. The van der Waals surface area contributed by atoms with Crippen molar-refractivity contribution in [2.45, 2.75) is 69.2 Å². The van der Waals surface area contributed by atoms with Gasteiger partial charge in [0.1, 0.15) is 5.78 Å². The Kier molecular flexibility index (Phi) is 10.5. The number of aliphatic hydroxyl groups is 1. The molecule has 0 radical (unpaired) electrons. The van der Waals surface area contributed by atoms with Crippen LogP contribution in [-0.2, 0) is 14.3 Å². The maximum Gasteiger partial charge on any atom is 0.338 e. The molecule has 0 aliphatic heterocycles. The molecule has 0 unspecified atom stereocenters. The van der Waals surface area contributed by atoms with Gasteiger partial charge in [-0.15, -0.1) is 0 Å². The number of hydrogen-bond acceptors (Lipinski definition) is 6. The Bertz CT molecular complexity index is 350. The summed E-state index contributed by atoms with van der Waals surface area (Å²) < 4.78 is 10.2. The fourth-order valence-electron chi connectivity index (χ4n) is 2.57. The molecule has 2 aliphatic rings. The van der Waals surface area contributed by atoms with Crippen molar-refractivity contribution in [1.82, 2.24) is 0 Å². The van der Waals surface area contributed by atoms with Crippen LogP contribution in [0.25, 0.3) is 0 Å². The van der Waals surface area contributed by atoms with E-state index in [2.05, 4.69) is 6.72 Å². The van der Waals surface area contributed by atoms with E-state index in [-0.39, 0.29) is 6.10 Å². The van der Waals surface area contributed by atoms with E-state index in [9.17, 15) is 9.90 Å². The lowest BCUT2D eigenvalue weighted by Gasteiger charge is -2.29. The molecular formula is C16H27N2O4+. The van der Waals surface area contributed by atoms with Gasteiger partial charge in [-0.1, -0.05) is 5.41 Å². The first-order valence-electron chi connectivity index (χ1n) is 7.53. The van der Waals surface area contributed by atoms with Gasteiger partial charge >= 0.3 is 6.72 Å². The number of Topliss-reactive ketones (excluding diaryl/α,β-unsaturated/α-hetero) is 1. The predicted molar refractivity (Wildman–Crippen MR) is 82.9 cm³/mol. The Labute approximate surface area is 132 Å². The number of hydrogen-bond donors (Lipinski definition) is 2. The summed E-state index contributed by atoms with van der Waals surface area (Å²) in [7, 11) is 3.38. The van der Waals surface area contributed by atoms with Crippen molar-refractivity contribution in [3.63, 3.8) is 0 Å². The molecule has 2 N–H and O–H groups in total. The van der Waals surface area contributed by atoms with Crippen LogP contribution >= 0.6 is 0 Å². The Morgan fingerprint density at radius 2 is 1.55 bits per heavy atom. The molecule has 6 heteroatoms. The fourth-order valence-corrected chi connectivity index (χ4v) is 2.57. The van der Waals surface area contributed by atoms with Crippen LogP contribution in [0.4, 0.5) is 0 Å². The first kappa shape index (κ1) is 20.6. The third-order valence-electron chi connectivity index (χ3n) is 4.12. The van der Waals surface area contributed by atoms with Gasteiger partial charge in [0.25, 0.3) is 0 Å². The highest BCUT2D eigenvalue weighted by atomic mass is 16.5. The molecule has 22 heavy (non-hydrogen) atoms. The van der Waals surface area contributed by atoms with Gasteiger partial charge in [-0.25, -0.2) is 0 Å². The summed E-state index contributed by atoms with van der Waals surface area (Å²) >= 11 is 0. The van der Waals surface area contributed by atoms with Crippen molar-refractivity contribution >= 4 is 12.5 Å². The van der Waals surface area contributed by atoms with Gasteiger partial charge in [0.05, 0.1) is 18.3 Å². The zero-order valence-electron chi connectivity index (χ0n) is 13.5. The Morgan fingerprint density at radius 1 is 1.14 bits per heavy atom. The number of carbonyl (C=O) groups excluding carboxylic acids is 1. The number of carbonyl (C=O) groups is 1. The van der Waals surface area contributed by atoms with Crippen molar-refractivity contribution < 1.29 is 19.4 Å². The Morgan fingerprint density at radius 3 is 1.91 bits per heavy atom. The minimum absolute atomic E-state index is 0.239. The maximum atomic E-state index is 10.7. The van der Waals surface area contributed by atoms with Crippen LogP contribution in [0, 0.1) is 16.7 Å². The first-order chi connectivity index (χ1) is 10.5. The summed E-state index contributed by atoms with van der Waals surface area (Å²) in [5.41, 5.74) is -1.07. The van der Waals surface area contributed by atoms with E-state index < -0.39 is 5.60 Å². The molecule has 6 nitrogen and oxygen atoms in total. The maximum absolute atomic E-state index is 10.7. The van der Waals surface area contributed by atoms with E-state index in [1.807, 2.05) is 6.07 Å². The predicted octanol–water partition coefficient (Wildman–Crippen LogP) is 2.12. The van der Waals surface area contributed by atoms with E-state index in [1.54, 1.807) is 14.2 Å². The summed E-state index contributed by atoms with van der Waals surface area (Å²) in [6, 6.07) is 1.92. The molecule has 2 rings (SSSR count). The monoisotopic (exact) mass is 311 g/mol. The largest absolute Gasteiger partial charge is 0.381 e. The lowest BCUT2D eigenvalue weighted by molar-refractivity contribution is -0.122. The van der Waals surface area contributed by atoms with Gasteiger partial charge in [0, 0.05) is 27.1 Å². The van der Waals surface area contributed by atoms with Crippen LogP contribution in [0.1, 0.15) is 51.4 Å². The molecule has 0 aromatic heterocycles. The van der Waals surface area contributed by atoms with E-state index in [4.69, 9.17) is 20.1 Å². The van der Waals surface area contributed by atoms with Crippen molar-refractivity contribution in [3.05, 3.63) is 0 Å². The van der Waals surface area contributed by atoms with Crippen LogP contribution in [0.5, 0.6) is 0 Å². The smallest absolute Gasteiger partial charge is 0.338 e. The van der Waals surface area contributed by atoms with Crippen LogP contribution < -0.4 is 0 Å². The summed E-state index contributed by atoms with van der Waals surface area (Å²) in [5.74, 6) is 0.392. The fraction of sp³-hybridized carbons (Fsp3) is 0.812. The molecule has 0 aromatic rings. The van der Waals surface area contributed by atoms with Crippen molar-refractivity contribution in [2.24, 2.45) is 0 Å². The van der Waals surface area contributed by atoms with E-state index in [0.717, 1.165) is 38.5 Å². The second kappa shape index (κ2) is 11.2. The quantitative estimate of drug-likeness (QED) is 0.462. The minimum atomic E-state index is -1.07. The van der Waals surface area contributed by atoms with E-state index in [0.29, 0.717) is 24.7 Å². The molecule has 0 heterocycles. The van der Waals surface area contributed by atoms with Crippen LogP contribution in [-0.4, -0.2) is 49.6 Å². The van der Waals surface area contributed by atoms with Gasteiger partial charge in [-0.05, 0) is 38.5 Å². The number of ketones is 1. The van der Waals surface area contributed by atoms with Gasteiger partial charge < -0.3 is 14.6 Å². The van der Waals surface area contributed by atoms with E-state index in [1.165, 1.54) is 0 Å². The average Bonchev–Trinajstić information content (AvgIpc) is 2.59. The molecule has 0 saturated heterocycles. The Hall–Kier alpha value is -1.38. The number of nitriles is 1. The minimum Gasteiger partial charge on any atom is -0.381 e. The average molecular weight is 311 g/mol. The van der Waals surface area contributed by atoms with Crippen molar-refractivity contribution in [2.75, 3.05) is 14.2 Å². The first-order valence-corrected chi connectivity index (χ1v) is 7.53. The summed E-state index contributed by atoms with van der Waals surface area (Å²) in [5, 5.41) is 23.3. The molecule has 0 spiro atoms. The highest BCUT2D eigenvalue weighted by molar-refractivity contribution is 5.79. The molecule has 0 aromatic carbocycles. The number of methoxy groups -OCH3 is 2. The van der Waals surface area contributed by atoms with Crippen LogP contribution in [0.15, 0.2) is 0 Å². The summed E-state index contributed by atoms with van der Waals surface area (Å²) in [4.78, 5) is 10.7. The normalized spacial score (nSPS) is 28.4. The summed E-state index contributed by atoms with van der Waals surface area (Å²) in [6.45, 7) is 3.75. The van der Waals surface area contributed by atoms with Crippen LogP contribution in [0.2, 0.25) is 0 Å². The van der Waals surface area contributed by atoms with Gasteiger partial charge in [0.15, 0.2) is 5.60 Å². The number of nitrogens with zero attached hydrogens (tertiary/aromatic N) is 1. The van der Waals surface area contributed by atoms with E-state index >= 15 is 0 Å². The molecule has 0 atom stereocenters. The molecular weight excluding hydrogens is 284 g/mol. The number of nitrogens with one attached hydrogen (secondary N) is 1. The molecule has 2 fully saturated rings. The highest BCUT2D eigenvalue weighted by Crippen LogP contribution is 2.28. The molecule has 0 bridgehead atoms. The van der Waals surface area contributed by atoms with Crippen molar-refractivity contribution in [3.8, 4) is 6.07 Å². The zero-order valence-corrected chi connectivity index (χ0v) is 13.5. The third kappa shape index (κ3) is 7.58. The topological polar surface area (TPSA) is 103 Å². The number of ether oxygens (including phenoxy) is 2. The SMILES string of the molecule is COC1CCC(=O)CC1.COC1CCC(O)(C#N)CC1.[CH+]=N. The Balaban J connectivity index is 0.000000366. The second-order valence-electron chi connectivity index (χ2n) is 5.55. The molecule has 124 valence electrons. The van der Waals surface area contributed by atoms with Crippen LogP contribution in [0.3, 0.4) is 0 Å². The molecule has 2 saturated carbocycles. The standard InChI is InChI=1S/C8H13NO2.C7H12O2.CH2N/c1-11-7-2-4-8(10,6-9)5-3-7;1-9-7-4-2-6(8)3-5-7;1-2/h7,10H,2-5H2,1H3;7H,2-5H2,1H3;1-2H/q;;+1. The van der Waals surface area contributed by atoms with Gasteiger partial charge in [-0.3, -0.25) is 4.79 Å². The highest BCUT2D eigenvalue weighted by Gasteiger charge is 2.32. The second-order valence-corrected chi connectivity index (χ2v) is 5.55. The summed E-state index contributed by atoms with van der Waals surface area (Å²) in [6.07, 6.45) is 6.55. The third-order valence-corrected chi connectivity index (χ3v) is 4.12. The lowest BCUT2D eigenvalue weighted by atomic mass is 9.84.